The molecule has 0 heterocycles. The lowest BCUT2D eigenvalue weighted by atomic mass is 9.71. The fourth-order valence-corrected chi connectivity index (χ4v) is 1.62. The van der Waals surface area contributed by atoms with Crippen LogP contribution in [-0.2, 0) is 4.79 Å². The fourth-order valence-electron chi connectivity index (χ4n) is 1.62. The minimum Gasteiger partial charge on any atom is -0.481 e. The summed E-state index contributed by atoms with van der Waals surface area (Å²) in [6.07, 6.45) is 2.27. The minimum absolute atomic E-state index is 0.0566. The SMILES string of the molecule is CCCC(C)C(C)(C)C(N)CC(=O)O. The number of rotatable bonds is 6. The normalized spacial score (nSPS) is 16.4. The van der Waals surface area contributed by atoms with Gasteiger partial charge in [0.2, 0.25) is 0 Å². The van der Waals surface area contributed by atoms with Gasteiger partial charge in [0, 0.05) is 6.04 Å². The van der Waals surface area contributed by atoms with E-state index in [0.29, 0.717) is 5.92 Å². The van der Waals surface area contributed by atoms with Gasteiger partial charge in [0.05, 0.1) is 6.42 Å². The zero-order valence-corrected chi connectivity index (χ0v) is 9.71. The number of hydrogen-bond donors (Lipinski definition) is 2. The van der Waals surface area contributed by atoms with Gasteiger partial charge in [-0.3, -0.25) is 4.79 Å². The first-order chi connectivity index (χ1) is 6.32. The molecule has 0 aromatic rings. The summed E-state index contributed by atoms with van der Waals surface area (Å²) in [7, 11) is 0. The van der Waals surface area contributed by atoms with Crippen LogP contribution in [0.5, 0.6) is 0 Å². The molecule has 0 aromatic carbocycles. The van der Waals surface area contributed by atoms with E-state index in [9.17, 15) is 4.79 Å². The Morgan fingerprint density at radius 3 is 2.36 bits per heavy atom. The van der Waals surface area contributed by atoms with Gasteiger partial charge in [0.15, 0.2) is 0 Å². The van der Waals surface area contributed by atoms with E-state index in [4.69, 9.17) is 10.8 Å². The van der Waals surface area contributed by atoms with Crippen molar-refractivity contribution in [2.45, 2.75) is 53.0 Å². The maximum atomic E-state index is 10.6. The predicted octanol–water partition coefficient (Wildman–Crippen LogP) is 2.25. The Bertz CT molecular complexity index is 190. The van der Waals surface area contributed by atoms with Crippen molar-refractivity contribution in [3.05, 3.63) is 0 Å². The van der Waals surface area contributed by atoms with Crippen molar-refractivity contribution in [2.75, 3.05) is 0 Å². The monoisotopic (exact) mass is 201 g/mol. The molecule has 2 atom stereocenters. The largest absolute Gasteiger partial charge is 0.481 e. The van der Waals surface area contributed by atoms with Gasteiger partial charge in [-0.25, -0.2) is 0 Å². The van der Waals surface area contributed by atoms with Gasteiger partial charge in [-0.05, 0) is 11.3 Å². The molecule has 0 aliphatic rings. The second-order valence-electron chi connectivity index (χ2n) is 4.72. The molecule has 0 rings (SSSR count). The Balaban J connectivity index is 4.34. The molecular weight excluding hydrogens is 178 g/mol. The molecule has 2 unspecified atom stereocenters. The molecule has 0 aromatic heterocycles. The Morgan fingerprint density at radius 1 is 1.50 bits per heavy atom. The quantitative estimate of drug-likeness (QED) is 0.692. The summed E-state index contributed by atoms with van der Waals surface area (Å²) in [4.78, 5) is 10.6. The van der Waals surface area contributed by atoms with Crippen LogP contribution in [0.4, 0.5) is 0 Å². The molecule has 84 valence electrons. The van der Waals surface area contributed by atoms with Gasteiger partial charge in [-0.1, -0.05) is 40.5 Å². The zero-order valence-electron chi connectivity index (χ0n) is 9.71. The van der Waals surface area contributed by atoms with E-state index in [2.05, 4.69) is 27.7 Å². The molecule has 14 heavy (non-hydrogen) atoms. The van der Waals surface area contributed by atoms with E-state index in [0.717, 1.165) is 12.8 Å². The van der Waals surface area contributed by atoms with Gasteiger partial charge in [-0.2, -0.15) is 0 Å². The lowest BCUT2D eigenvalue weighted by Crippen LogP contribution is -2.43. The van der Waals surface area contributed by atoms with E-state index in [1.807, 2.05) is 0 Å². The Kier molecular flexibility index (Phi) is 5.13. The summed E-state index contributed by atoms with van der Waals surface area (Å²) >= 11 is 0. The highest BCUT2D eigenvalue weighted by Crippen LogP contribution is 2.33. The van der Waals surface area contributed by atoms with Crippen molar-refractivity contribution >= 4 is 5.97 Å². The average molecular weight is 201 g/mol. The van der Waals surface area contributed by atoms with Crippen LogP contribution in [0, 0.1) is 11.3 Å². The predicted molar refractivity (Wildman–Crippen MR) is 58.1 cm³/mol. The molecule has 3 N–H and O–H groups in total. The molecular formula is C11H23NO2. The average Bonchev–Trinajstić information content (AvgIpc) is 2.03. The van der Waals surface area contributed by atoms with Crippen LogP contribution in [0.3, 0.4) is 0 Å². The summed E-state index contributed by atoms with van der Waals surface area (Å²) in [5, 5.41) is 8.68. The van der Waals surface area contributed by atoms with Crippen LogP contribution in [0.15, 0.2) is 0 Å². The van der Waals surface area contributed by atoms with Crippen molar-refractivity contribution in [1.29, 1.82) is 0 Å². The van der Waals surface area contributed by atoms with E-state index in [1.54, 1.807) is 0 Å². The lowest BCUT2D eigenvalue weighted by Gasteiger charge is -2.36. The summed E-state index contributed by atoms with van der Waals surface area (Å²) in [5.41, 5.74) is 5.80. The molecule has 0 fully saturated rings. The second kappa shape index (κ2) is 5.35. The van der Waals surface area contributed by atoms with Crippen LogP contribution in [0.2, 0.25) is 0 Å². The van der Waals surface area contributed by atoms with Crippen molar-refractivity contribution in [2.24, 2.45) is 17.1 Å². The maximum Gasteiger partial charge on any atom is 0.304 e. The summed E-state index contributed by atoms with van der Waals surface area (Å²) in [5.74, 6) is -0.351. The van der Waals surface area contributed by atoms with Gasteiger partial charge >= 0.3 is 5.97 Å². The molecule has 0 aliphatic carbocycles. The third-order valence-corrected chi connectivity index (χ3v) is 3.34. The molecule has 0 aliphatic heterocycles. The van der Waals surface area contributed by atoms with Crippen molar-refractivity contribution < 1.29 is 9.90 Å². The Hall–Kier alpha value is -0.570. The van der Waals surface area contributed by atoms with Gasteiger partial charge in [0.1, 0.15) is 0 Å². The highest BCUT2D eigenvalue weighted by atomic mass is 16.4. The fraction of sp³-hybridized carbons (Fsp3) is 0.909. The van der Waals surface area contributed by atoms with E-state index in [-0.39, 0.29) is 17.9 Å². The summed E-state index contributed by atoms with van der Waals surface area (Å²) in [6.45, 7) is 8.39. The van der Waals surface area contributed by atoms with E-state index in [1.165, 1.54) is 0 Å². The van der Waals surface area contributed by atoms with Crippen molar-refractivity contribution in [3.63, 3.8) is 0 Å². The minimum atomic E-state index is -0.811. The first-order valence-corrected chi connectivity index (χ1v) is 5.29. The molecule has 3 heteroatoms. The smallest absolute Gasteiger partial charge is 0.304 e. The van der Waals surface area contributed by atoms with Crippen LogP contribution in [0.1, 0.15) is 47.0 Å². The number of carbonyl (C=O) groups is 1. The number of hydrogen-bond acceptors (Lipinski definition) is 2. The first-order valence-electron chi connectivity index (χ1n) is 5.29. The molecule has 0 amide bonds. The second-order valence-corrected chi connectivity index (χ2v) is 4.72. The lowest BCUT2D eigenvalue weighted by molar-refractivity contribution is -0.138. The Labute approximate surface area is 86.7 Å². The van der Waals surface area contributed by atoms with E-state index < -0.39 is 5.97 Å². The number of nitrogens with two attached hydrogens (primary N) is 1. The standard InChI is InChI=1S/C11H23NO2/c1-5-6-8(2)11(3,4)9(12)7-10(13)14/h8-9H,5-7,12H2,1-4H3,(H,13,14). The number of carboxylic acid groups (broad SMARTS) is 1. The summed E-state index contributed by atoms with van der Waals surface area (Å²) in [6, 6.07) is -0.262. The zero-order chi connectivity index (χ0) is 11.4. The molecule has 0 radical (unpaired) electrons. The third-order valence-electron chi connectivity index (χ3n) is 3.34. The van der Waals surface area contributed by atoms with Gasteiger partial charge < -0.3 is 10.8 Å². The van der Waals surface area contributed by atoms with E-state index >= 15 is 0 Å². The molecule has 0 saturated carbocycles. The molecule has 0 saturated heterocycles. The van der Waals surface area contributed by atoms with Gasteiger partial charge in [0.25, 0.3) is 0 Å². The van der Waals surface area contributed by atoms with Gasteiger partial charge in [-0.15, -0.1) is 0 Å². The first kappa shape index (κ1) is 13.4. The molecule has 0 spiro atoms. The number of carboxylic acids is 1. The number of aliphatic carboxylic acids is 1. The van der Waals surface area contributed by atoms with Crippen molar-refractivity contribution in [3.8, 4) is 0 Å². The molecule has 3 nitrogen and oxygen atoms in total. The topological polar surface area (TPSA) is 63.3 Å². The third kappa shape index (κ3) is 3.66. The Morgan fingerprint density at radius 2 is 2.00 bits per heavy atom. The highest BCUT2D eigenvalue weighted by molar-refractivity contribution is 5.67. The van der Waals surface area contributed by atoms with Crippen LogP contribution in [-0.4, -0.2) is 17.1 Å². The molecule has 0 bridgehead atoms. The van der Waals surface area contributed by atoms with Crippen LogP contribution in [0.25, 0.3) is 0 Å². The highest BCUT2D eigenvalue weighted by Gasteiger charge is 2.32. The maximum absolute atomic E-state index is 10.6. The van der Waals surface area contributed by atoms with Crippen molar-refractivity contribution in [1.82, 2.24) is 0 Å². The van der Waals surface area contributed by atoms with Crippen LogP contribution < -0.4 is 5.73 Å². The summed E-state index contributed by atoms with van der Waals surface area (Å²) < 4.78 is 0. The van der Waals surface area contributed by atoms with Crippen LogP contribution >= 0.6 is 0 Å².